The minimum absolute atomic E-state index is 0.932. The van der Waals surface area contributed by atoms with Gasteiger partial charge in [0.25, 0.3) is 0 Å². The lowest BCUT2D eigenvalue weighted by Gasteiger charge is -2.18. The largest absolute Gasteiger partial charge is 0.317 e. The highest BCUT2D eigenvalue weighted by Gasteiger charge is 2.12. The first kappa shape index (κ1) is 11.5. The maximum Gasteiger partial charge on any atom is 0.147 e. The van der Waals surface area contributed by atoms with Crippen molar-refractivity contribution in [2.75, 3.05) is 26.2 Å². The molecule has 0 amide bonds. The van der Waals surface area contributed by atoms with E-state index in [0.717, 1.165) is 51.5 Å². The maximum absolute atomic E-state index is 4.21. The minimum Gasteiger partial charge on any atom is -0.317 e. The Labute approximate surface area is 96.8 Å². The van der Waals surface area contributed by atoms with Crippen molar-refractivity contribution < 1.29 is 0 Å². The zero-order valence-electron chi connectivity index (χ0n) is 10.0. The van der Waals surface area contributed by atoms with Crippen LogP contribution in [0.25, 0.3) is 0 Å². The van der Waals surface area contributed by atoms with Crippen molar-refractivity contribution in [3.63, 3.8) is 0 Å². The number of nitrogens with one attached hydrogen (secondary N) is 1. The molecule has 0 atom stereocenters. The molecule has 16 heavy (non-hydrogen) atoms. The fourth-order valence-corrected chi connectivity index (χ4v) is 2.09. The molecule has 2 heterocycles. The van der Waals surface area contributed by atoms with Gasteiger partial charge in [-0.3, -0.25) is 4.90 Å². The standard InChI is InChI=1S/C11H21N5/c1-2-6-16-10-13-14-11(16)9-15-7-3-4-12-5-8-15/h10,12H,2-9H2,1H3. The molecular weight excluding hydrogens is 202 g/mol. The summed E-state index contributed by atoms with van der Waals surface area (Å²) in [4.78, 5) is 2.45. The highest BCUT2D eigenvalue weighted by molar-refractivity contribution is 4.86. The molecule has 0 bridgehead atoms. The molecule has 1 aliphatic rings. The maximum atomic E-state index is 4.21. The predicted molar refractivity (Wildman–Crippen MR) is 63.1 cm³/mol. The molecule has 0 aromatic carbocycles. The number of nitrogens with zero attached hydrogens (tertiary/aromatic N) is 4. The Hall–Kier alpha value is -0.940. The normalized spacial score (nSPS) is 18.6. The third kappa shape index (κ3) is 3.02. The second-order valence-corrected chi connectivity index (χ2v) is 4.32. The van der Waals surface area contributed by atoms with Crippen LogP contribution in [0.2, 0.25) is 0 Å². The van der Waals surface area contributed by atoms with Crippen LogP contribution in [0.1, 0.15) is 25.6 Å². The van der Waals surface area contributed by atoms with Gasteiger partial charge in [0.15, 0.2) is 0 Å². The lowest BCUT2D eigenvalue weighted by atomic mass is 10.3. The van der Waals surface area contributed by atoms with Crippen molar-refractivity contribution in [3.05, 3.63) is 12.2 Å². The third-order valence-electron chi connectivity index (χ3n) is 2.96. The van der Waals surface area contributed by atoms with Crippen LogP contribution in [-0.2, 0) is 13.1 Å². The van der Waals surface area contributed by atoms with Gasteiger partial charge < -0.3 is 9.88 Å². The molecule has 1 saturated heterocycles. The molecule has 1 aliphatic heterocycles. The summed E-state index contributed by atoms with van der Waals surface area (Å²) in [6.45, 7) is 8.63. The molecular formula is C11H21N5. The van der Waals surface area contributed by atoms with Crippen LogP contribution < -0.4 is 5.32 Å². The topological polar surface area (TPSA) is 46.0 Å². The third-order valence-corrected chi connectivity index (χ3v) is 2.96. The van der Waals surface area contributed by atoms with E-state index in [0.29, 0.717) is 0 Å². The van der Waals surface area contributed by atoms with Crippen LogP contribution in [-0.4, -0.2) is 45.8 Å². The molecule has 5 nitrogen and oxygen atoms in total. The summed E-state index contributed by atoms with van der Waals surface area (Å²) in [5.41, 5.74) is 0. The van der Waals surface area contributed by atoms with E-state index in [2.05, 4.69) is 31.9 Å². The number of hydrogen-bond donors (Lipinski definition) is 1. The quantitative estimate of drug-likeness (QED) is 0.806. The first-order valence-electron chi connectivity index (χ1n) is 6.20. The van der Waals surface area contributed by atoms with Gasteiger partial charge in [0, 0.05) is 19.6 Å². The van der Waals surface area contributed by atoms with Gasteiger partial charge in [0.1, 0.15) is 12.2 Å². The molecule has 0 radical (unpaired) electrons. The van der Waals surface area contributed by atoms with Crippen LogP contribution in [0.3, 0.4) is 0 Å². The Balaban J connectivity index is 1.93. The van der Waals surface area contributed by atoms with E-state index in [1.807, 2.05) is 6.33 Å². The van der Waals surface area contributed by atoms with Crippen molar-refractivity contribution in [1.82, 2.24) is 25.0 Å². The van der Waals surface area contributed by atoms with E-state index in [9.17, 15) is 0 Å². The molecule has 5 heteroatoms. The Kier molecular flexibility index (Phi) is 4.30. The van der Waals surface area contributed by atoms with Crippen molar-refractivity contribution >= 4 is 0 Å². The average Bonchev–Trinajstić information content (AvgIpc) is 2.56. The molecule has 1 aromatic rings. The lowest BCUT2D eigenvalue weighted by molar-refractivity contribution is 0.272. The number of rotatable bonds is 4. The highest BCUT2D eigenvalue weighted by Crippen LogP contribution is 2.04. The summed E-state index contributed by atoms with van der Waals surface area (Å²) in [6.07, 6.45) is 4.20. The zero-order chi connectivity index (χ0) is 11.2. The molecule has 90 valence electrons. The van der Waals surface area contributed by atoms with E-state index < -0.39 is 0 Å². The number of aryl methyl sites for hydroxylation is 1. The van der Waals surface area contributed by atoms with Crippen molar-refractivity contribution in [2.24, 2.45) is 0 Å². The van der Waals surface area contributed by atoms with Crippen LogP contribution >= 0.6 is 0 Å². The Morgan fingerprint density at radius 1 is 1.38 bits per heavy atom. The molecule has 1 N–H and O–H groups in total. The van der Waals surface area contributed by atoms with Crippen molar-refractivity contribution in [2.45, 2.75) is 32.9 Å². The van der Waals surface area contributed by atoms with E-state index in [-0.39, 0.29) is 0 Å². The average molecular weight is 223 g/mol. The van der Waals surface area contributed by atoms with Gasteiger partial charge in [-0.25, -0.2) is 0 Å². The Morgan fingerprint density at radius 3 is 3.19 bits per heavy atom. The minimum atomic E-state index is 0.932. The Morgan fingerprint density at radius 2 is 2.31 bits per heavy atom. The zero-order valence-corrected chi connectivity index (χ0v) is 10.0. The molecule has 1 fully saturated rings. The van der Waals surface area contributed by atoms with E-state index >= 15 is 0 Å². The smallest absolute Gasteiger partial charge is 0.147 e. The van der Waals surface area contributed by atoms with Gasteiger partial charge in [-0.1, -0.05) is 6.92 Å². The second kappa shape index (κ2) is 5.96. The lowest BCUT2D eigenvalue weighted by Crippen LogP contribution is -2.29. The van der Waals surface area contributed by atoms with Gasteiger partial charge in [-0.05, 0) is 25.9 Å². The predicted octanol–water partition coefficient (Wildman–Crippen LogP) is 0.483. The molecule has 0 saturated carbocycles. The molecule has 0 aliphatic carbocycles. The van der Waals surface area contributed by atoms with Gasteiger partial charge in [-0.15, -0.1) is 10.2 Å². The van der Waals surface area contributed by atoms with Crippen LogP contribution in [0.4, 0.5) is 0 Å². The SMILES string of the molecule is CCCn1cnnc1CN1CCCNCC1. The highest BCUT2D eigenvalue weighted by atomic mass is 15.3. The Bertz CT molecular complexity index is 301. The second-order valence-electron chi connectivity index (χ2n) is 4.32. The summed E-state index contributed by atoms with van der Waals surface area (Å²) in [5, 5.41) is 11.6. The summed E-state index contributed by atoms with van der Waals surface area (Å²) in [5.74, 6) is 1.10. The summed E-state index contributed by atoms with van der Waals surface area (Å²) >= 11 is 0. The molecule has 2 rings (SSSR count). The van der Waals surface area contributed by atoms with E-state index in [4.69, 9.17) is 0 Å². The van der Waals surface area contributed by atoms with E-state index in [1.165, 1.54) is 6.42 Å². The van der Waals surface area contributed by atoms with Gasteiger partial charge >= 0.3 is 0 Å². The van der Waals surface area contributed by atoms with Gasteiger partial charge in [0.2, 0.25) is 0 Å². The molecule has 1 aromatic heterocycles. The number of hydrogen-bond acceptors (Lipinski definition) is 4. The summed E-state index contributed by atoms with van der Waals surface area (Å²) in [6, 6.07) is 0. The number of aromatic nitrogens is 3. The monoisotopic (exact) mass is 223 g/mol. The fourth-order valence-electron chi connectivity index (χ4n) is 2.09. The first-order valence-corrected chi connectivity index (χ1v) is 6.20. The summed E-state index contributed by atoms with van der Waals surface area (Å²) < 4.78 is 2.16. The van der Waals surface area contributed by atoms with Crippen molar-refractivity contribution in [1.29, 1.82) is 0 Å². The van der Waals surface area contributed by atoms with Crippen LogP contribution in [0.5, 0.6) is 0 Å². The first-order chi connectivity index (χ1) is 7.90. The molecule has 0 unspecified atom stereocenters. The van der Waals surface area contributed by atoms with Crippen LogP contribution in [0.15, 0.2) is 6.33 Å². The molecule has 0 spiro atoms. The van der Waals surface area contributed by atoms with Gasteiger partial charge in [-0.2, -0.15) is 0 Å². The van der Waals surface area contributed by atoms with E-state index in [1.54, 1.807) is 0 Å². The fraction of sp³-hybridized carbons (Fsp3) is 0.818. The van der Waals surface area contributed by atoms with Crippen molar-refractivity contribution in [3.8, 4) is 0 Å². The summed E-state index contributed by atoms with van der Waals surface area (Å²) in [7, 11) is 0. The van der Waals surface area contributed by atoms with Gasteiger partial charge in [0.05, 0.1) is 6.54 Å². The van der Waals surface area contributed by atoms with Crippen LogP contribution in [0, 0.1) is 0 Å².